The third-order valence-corrected chi connectivity index (χ3v) is 3.60. The van der Waals surface area contributed by atoms with E-state index in [4.69, 9.17) is 5.73 Å². The summed E-state index contributed by atoms with van der Waals surface area (Å²) in [5.74, 6) is -0.793. The summed E-state index contributed by atoms with van der Waals surface area (Å²) in [4.78, 5) is 23.8. The first-order chi connectivity index (χ1) is 10.9. The van der Waals surface area contributed by atoms with Gasteiger partial charge in [-0.2, -0.15) is 5.10 Å². The minimum Gasteiger partial charge on any atom is -0.368 e. The number of nitrogens with zero attached hydrogens (tertiary/aromatic N) is 2. The zero-order valence-corrected chi connectivity index (χ0v) is 13.3. The SMILES string of the molecule is CC(C)CCNC(=O)C1=NN(c2ccc(F)cc2)C(C(N)=O)C1. The van der Waals surface area contributed by atoms with Gasteiger partial charge < -0.3 is 11.1 Å². The molecule has 1 aromatic carbocycles. The normalized spacial score (nSPS) is 17.3. The fourth-order valence-electron chi connectivity index (χ4n) is 2.28. The van der Waals surface area contributed by atoms with Crippen molar-refractivity contribution in [2.45, 2.75) is 32.7 Å². The molecule has 0 spiro atoms. The lowest BCUT2D eigenvalue weighted by molar-refractivity contribution is -0.119. The Bertz CT molecular complexity index is 613. The topological polar surface area (TPSA) is 87.8 Å². The molecule has 1 unspecified atom stereocenters. The fraction of sp³-hybridized carbons (Fsp3) is 0.438. The number of carbonyl (C=O) groups excluding carboxylic acids is 2. The molecule has 6 nitrogen and oxygen atoms in total. The molecule has 1 aliphatic rings. The number of amides is 2. The number of nitrogens with one attached hydrogen (secondary N) is 1. The second-order valence-corrected chi connectivity index (χ2v) is 5.93. The molecule has 2 rings (SSSR count). The van der Waals surface area contributed by atoms with Crippen molar-refractivity contribution < 1.29 is 14.0 Å². The Balaban J connectivity index is 2.12. The maximum absolute atomic E-state index is 13.0. The van der Waals surface area contributed by atoms with Crippen LogP contribution in [0.15, 0.2) is 29.4 Å². The molecule has 1 atom stereocenters. The lowest BCUT2D eigenvalue weighted by atomic mass is 10.1. The maximum atomic E-state index is 13.0. The van der Waals surface area contributed by atoms with Gasteiger partial charge in [-0.3, -0.25) is 14.6 Å². The molecule has 1 heterocycles. The van der Waals surface area contributed by atoms with Crippen LogP contribution in [0.3, 0.4) is 0 Å². The van der Waals surface area contributed by atoms with Crippen molar-refractivity contribution in [3.8, 4) is 0 Å². The molecule has 0 radical (unpaired) electrons. The summed E-state index contributed by atoms with van der Waals surface area (Å²) in [7, 11) is 0. The molecule has 0 saturated carbocycles. The minimum absolute atomic E-state index is 0.139. The van der Waals surface area contributed by atoms with Gasteiger partial charge in [-0.1, -0.05) is 13.8 Å². The van der Waals surface area contributed by atoms with Gasteiger partial charge in [-0.05, 0) is 36.6 Å². The minimum atomic E-state index is -0.744. The maximum Gasteiger partial charge on any atom is 0.267 e. The van der Waals surface area contributed by atoms with Crippen molar-refractivity contribution in [2.24, 2.45) is 16.8 Å². The lowest BCUT2D eigenvalue weighted by Crippen LogP contribution is -2.40. The van der Waals surface area contributed by atoms with E-state index in [1.807, 2.05) is 0 Å². The quantitative estimate of drug-likeness (QED) is 0.830. The zero-order chi connectivity index (χ0) is 17.0. The van der Waals surface area contributed by atoms with Gasteiger partial charge in [-0.25, -0.2) is 4.39 Å². The number of halogens is 1. The average molecular weight is 320 g/mol. The molecular weight excluding hydrogens is 299 g/mol. The fourth-order valence-corrected chi connectivity index (χ4v) is 2.28. The van der Waals surface area contributed by atoms with Crippen LogP contribution in [0.25, 0.3) is 0 Å². The van der Waals surface area contributed by atoms with E-state index in [9.17, 15) is 14.0 Å². The van der Waals surface area contributed by atoms with Crippen LogP contribution >= 0.6 is 0 Å². The van der Waals surface area contributed by atoms with Crippen LogP contribution in [0.4, 0.5) is 10.1 Å². The Morgan fingerprint density at radius 1 is 1.39 bits per heavy atom. The number of anilines is 1. The van der Waals surface area contributed by atoms with Crippen molar-refractivity contribution in [1.82, 2.24) is 5.32 Å². The van der Waals surface area contributed by atoms with Crippen molar-refractivity contribution in [2.75, 3.05) is 11.6 Å². The zero-order valence-electron chi connectivity index (χ0n) is 13.3. The van der Waals surface area contributed by atoms with E-state index in [1.54, 1.807) is 0 Å². The molecule has 1 aliphatic heterocycles. The third-order valence-electron chi connectivity index (χ3n) is 3.60. The van der Waals surface area contributed by atoms with Crippen molar-refractivity contribution in [1.29, 1.82) is 0 Å². The first-order valence-electron chi connectivity index (χ1n) is 7.58. The van der Waals surface area contributed by atoms with Crippen LogP contribution in [-0.2, 0) is 9.59 Å². The Morgan fingerprint density at radius 3 is 2.61 bits per heavy atom. The van der Waals surface area contributed by atoms with Gasteiger partial charge in [0.2, 0.25) is 5.91 Å². The molecule has 0 fully saturated rings. The highest BCUT2D eigenvalue weighted by Crippen LogP contribution is 2.24. The van der Waals surface area contributed by atoms with E-state index in [1.165, 1.54) is 29.3 Å². The van der Waals surface area contributed by atoms with Crippen LogP contribution in [0.5, 0.6) is 0 Å². The molecule has 0 aromatic heterocycles. The van der Waals surface area contributed by atoms with Crippen molar-refractivity contribution in [3.05, 3.63) is 30.1 Å². The van der Waals surface area contributed by atoms with Crippen molar-refractivity contribution >= 4 is 23.2 Å². The number of hydrogen-bond donors (Lipinski definition) is 2. The molecule has 1 aromatic rings. The van der Waals surface area contributed by atoms with Crippen LogP contribution in [0, 0.1) is 11.7 Å². The number of benzene rings is 1. The predicted molar refractivity (Wildman–Crippen MR) is 86.4 cm³/mol. The number of primary amides is 1. The summed E-state index contributed by atoms with van der Waals surface area (Å²) in [6.45, 7) is 4.69. The van der Waals surface area contributed by atoms with Gasteiger partial charge in [0, 0.05) is 13.0 Å². The number of hydrazone groups is 1. The molecule has 0 saturated heterocycles. The van der Waals surface area contributed by atoms with Crippen molar-refractivity contribution in [3.63, 3.8) is 0 Å². The van der Waals surface area contributed by atoms with E-state index >= 15 is 0 Å². The Kier molecular flexibility index (Phi) is 5.31. The summed E-state index contributed by atoms with van der Waals surface area (Å²) in [5, 5.41) is 8.37. The van der Waals surface area contributed by atoms with Gasteiger partial charge in [0.05, 0.1) is 5.69 Å². The molecule has 0 bridgehead atoms. The van der Waals surface area contributed by atoms with Crippen LogP contribution in [-0.4, -0.2) is 30.1 Å². The summed E-state index contributed by atoms with van der Waals surface area (Å²) >= 11 is 0. The number of hydrogen-bond acceptors (Lipinski definition) is 4. The standard InChI is InChI=1S/C16H21FN4O2/c1-10(2)7-8-19-16(23)13-9-14(15(18)22)21(20-13)12-5-3-11(17)4-6-12/h3-6,10,14H,7-9H2,1-2H3,(H2,18,22)(H,19,23). The lowest BCUT2D eigenvalue weighted by Gasteiger charge is -2.20. The van der Waals surface area contributed by atoms with E-state index in [0.29, 0.717) is 18.2 Å². The number of nitrogens with two attached hydrogens (primary N) is 1. The smallest absolute Gasteiger partial charge is 0.267 e. The highest BCUT2D eigenvalue weighted by atomic mass is 19.1. The molecule has 23 heavy (non-hydrogen) atoms. The van der Waals surface area contributed by atoms with Gasteiger partial charge in [0.15, 0.2) is 0 Å². The molecule has 3 N–H and O–H groups in total. The Morgan fingerprint density at radius 2 is 2.04 bits per heavy atom. The first-order valence-corrected chi connectivity index (χ1v) is 7.58. The van der Waals surface area contributed by atoms with Gasteiger partial charge >= 0.3 is 0 Å². The average Bonchev–Trinajstić information content (AvgIpc) is 2.93. The summed E-state index contributed by atoms with van der Waals surface area (Å²) in [6, 6.07) is 4.78. The van der Waals surface area contributed by atoms with Crippen LogP contribution in [0.2, 0.25) is 0 Å². The Hall–Kier alpha value is -2.44. The largest absolute Gasteiger partial charge is 0.368 e. The van der Waals surface area contributed by atoms with Crippen LogP contribution < -0.4 is 16.1 Å². The summed E-state index contributed by atoms with van der Waals surface area (Å²) in [5.41, 5.74) is 6.16. The second kappa shape index (κ2) is 7.21. The van der Waals surface area contributed by atoms with Gasteiger partial charge in [-0.15, -0.1) is 0 Å². The third kappa shape index (κ3) is 4.28. The van der Waals surface area contributed by atoms with E-state index in [0.717, 1.165) is 6.42 Å². The van der Waals surface area contributed by atoms with E-state index < -0.39 is 11.9 Å². The van der Waals surface area contributed by atoms with E-state index in [-0.39, 0.29) is 23.9 Å². The molecule has 0 aliphatic carbocycles. The molecule has 124 valence electrons. The van der Waals surface area contributed by atoms with E-state index in [2.05, 4.69) is 24.3 Å². The Labute approximate surface area is 134 Å². The highest BCUT2D eigenvalue weighted by Gasteiger charge is 2.34. The molecule has 2 amide bonds. The summed E-state index contributed by atoms with van der Waals surface area (Å²) in [6.07, 6.45) is 1.00. The predicted octanol–water partition coefficient (Wildman–Crippen LogP) is 1.41. The van der Waals surface area contributed by atoms with Gasteiger partial charge in [0.1, 0.15) is 17.6 Å². The number of carbonyl (C=O) groups is 2. The first kappa shape index (κ1) is 16.9. The number of rotatable bonds is 6. The molecule has 7 heteroatoms. The summed E-state index contributed by atoms with van der Waals surface area (Å²) < 4.78 is 13.0. The second-order valence-electron chi connectivity index (χ2n) is 5.93. The van der Waals surface area contributed by atoms with Gasteiger partial charge in [0.25, 0.3) is 5.91 Å². The molecular formula is C16H21FN4O2. The van der Waals surface area contributed by atoms with Crippen LogP contribution in [0.1, 0.15) is 26.7 Å². The monoisotopic (exact) mass is 320 g/mol. The highest BCUT2D eigenvalue weighted by molar-refractivity contribution is 6.40.